The lowest BCUT2D eigenvalue weighted by Crippen LogP contribution is -2.37. The van der Waals surface area contributed by atoms with Crippen LogP contribution >= 0.6 is 22.7 Å². The highest BCUT2D eigenvalue weighted by Crippen LogP contribution is 2.55. The predicted octanol–water partition coefficient (Wildman–Crippen LogP) is 5.84. The molecule has 0 radical (unpaired) electrons. The molecule has 6 nitrogen and oxygen atoms in total. The van der Waals surface area contributed by atoms with E-state index in [4.69, 9.17) is 0 Å². The first-order valence-electron chi connectivity index (χ1n) is 12.2. The van der Waals surface area contributed by atoms with Crippen molar-refractivity contribution in [1.82, 2.24) is 15.1 Å². The number of thiophene rings is 1. The molecule has 182 valence electrons. The van der Waals surface area contributed by atoms with Crippen LogP contribution in [0.2, 0.25) is 0 Å². The molecule has 0 unspecified atom stereocenters. The van der Waals surface area contributed by atoms with Crippen LogP contribution in [0.3, 0.4) is 0 Å². The van der Waals surface area contributed by atoms with E-state index in [9.17, 15) is 9.59 Å². The van der Waals surface area contributed by atoms with Gasteiger partial charge in [0.05, 0.1) is 5.41 Å². The summed E-state index contributed by atoms with van der Waals surface area (Å²) in [4.78, 5) is 30.6. The predicted molar refractivity (Wildman–Crippen MR) is 144 cm³/mol. The normalized spacial score (nSPS) is 20.9. The quantitative estimate of drug-likeness (QED) is 0.363. The maximum Gasteiger partial charge on any atom is 0.253 e. The minimum atomic E-state index is -0.640. The van der Waals surface area contributed by atoms with Crippen LogP contribution < -0.4 is 5.32 Å². The second-order valence-electron chi connectivity index (χ2n) is 9.70. The van der Waals surface area contributed by atoms with E-state index in [1.165, 1.54) is 21.8 Å². The van der Waals surface area contributed by atoms with Gasteiger partial charge in [0.1, 0.15) is 5.51 Å². The standard InChI is InChI=1S/C28H26N4O2S2/c1-28(26(34)30-27-31-29-17-35-27)16-23-21(24(28)19-7-3-2-4-8-19)15-22(36-23)18-9-11-20(12-10-18)25(33)32-13-5-6-14-32/h2-4,7-12,15,17,24H,5-6,13-14,16H2,1H3,(H,30,31,34)/t24-,28+/m1/s1. The zero-order chi connectivity index (χ0) is 24.7. The van der Waals surface area contributed by atoms with Crippen LogP contribution in [0, 0.1) is 5.41 Å². The van der Waals surface area contributed by atoms with E-state index in [0.717, 1.165) is 47.5 Å². The Morgan fingerprint density at radius 2 is 1.81 bits per heavy atom. The smallest absolute Gasteiger partial charge is 0.253 e. The maximum atomic E-state index is 13.5. The van der Waals surface area contributed by atoms with Crippen LogP contribution in [0.15, 0.2) is 66.2 Å². The summed E-state index contributed by atoms with van der Waals surface area (Å²) in [6.45, 7) is 3.75. The van der Waals surface area contributed by atoms with Gasteiger partial charge < -0.3 is 10.2 Å². The third-order valence-corrected chi connectivity index (χ3v) is 9.17. The number of carbonyl (C=O) groups excluding carboxylic acids is 2. The summed E-state index contributed by atoms with van der Waals surface area (Å²) in [5, 5.41) is 11.4. The molecule has 2 amide bonds. The summed E-state index contributed by atoms with van der Waals surface area (Å²) >= 11 is 3.06. The zero-order valence-electron chi connectivity index (χ0n) is 19.9. The fraction of sp³-hybridized carbons (Fsp3) is 0.286. The molecule has 0 spiro atoms. The molecule has 0 saturated carbocycles. The highest BCUT2D eigenvalue weighted by Gasteiger charge is 2.50. The Kier molecular flexibility index (Phi) is 5.93. The molecule has 6 rings (SSSR count). The van der Waals surface area contributed by atoms with Crippen LogP contribution in [0.5, 0.6) is 0 Å². The molecule has 8 heteroatoms. The Bertz CT molecular complexity index is 1390. The van der Waals surface area contributed by atoms with Crippen molar-refractivity contribution in [1.29, 1.82) is 0 Å². The van der Waals surface area contributed by atoms with E-state index in [2.05, 4.69) is 33.7 Å². The number of anilines is 1. The van der Waals surface area contributed by atoms with Crippen LogP contribution in [-0.2, 0) is 11.2 Å². The third kappa shape index (κ3) is 4.04. The van der Waals surface area contributed by atoms with Gasteiger partial charge in [0, 0.05) is 34.3 Å². The van der Waals surface area contributed by atoms with Gasteiger partial charge in [0.25, 0.3) is 5.91 Å². The number of likely N-dealkylation sites (tertiary alicyclic amines) is 1. The average Bonchev–Trinajstić information content (AvgIpc) is 3.70. The number of nitrogens with zero attached hydrogens (tertiary/aromatic N) is 3. The van der Waals surface area contributed by atoms with E-state index in [-0.39, 0.29) is 17.7 Å². The summed E-state index contributed by atoms with van der Waals surface area (Å²) in [5.41, 5.74) is 5.15. The van der Waals surface area contributed by atoms with Crippen molar-refractivity contribution in [3.8, 4) is 10.4 Å². The number of rotatable bonds is 5. The summed E-state index contributed by atoms with van der Waals surface area (Å²) in [6, 6.07) is 20.5. The van der Waals surface area contributed by atoms with E-state index < -0.39 is 5.41 Å². The van der Waals surface area contributed by atoms with Crippen molar-refractivity contribution in [3.63, 3.8) is 0 Å². The third-order valence-electron chi connectivity index (χ3n) is 7.36. The molecule has 2 aromatic heterocycles. The molecule has 2 aliphatic rings. The molecule has 1 aliphatic carbocycles. The number of fused-ring (bicyclic) bond motifs is 1. The minimum absolute atomic E-state index is 0.0390. The number of hydrogen-bond acceptors (Lipinski definition) is 6. The summed E-state index contributed by atoms with van der Waals surface area (Å²) in [5.74, 6) is 0.0135. The number of hydrogen-bond donors (Lipinski definition) is 1. The van der Waals surface area contributed by atoms with Gasteiger partial charge in [-0.05, 0) is 61.1 Å². The molecule has 0 bridgehead atoms. The van der Waals surface area contributed by atoms with Crippen molar-refractivity contribution in [3.05, 3.63) is 87.7 Å². The fourth-order valence-corrected chi connectivity index (χ4v) is 7.31. The highest BCUT2D eigenvalue weighted by atomic mass is 32.1. The van der Waals surface area contributed by atoms with Crippen LogP contribution in [0.4, 0.5) is 5.13 Å². The molecule has 2 aromatic carbocycles. The number of benzene rings is 2. The second kappa shape index (κ2) is 9.26. The second-order valence-corrected chi connectivity index (χ2v) is 11.7. The Balaban J connectivity index is 1.31. The highest BCUT2D eigenvalue weighted by molar-refractivity contribution is 7.15. The van der Waals surface area contributed by atoms with Gasteiger partial charge in [-0.2, -0.15) is 0 Å². The monoisotopic (exact) mass is 514 g/mol. The van der Waals surface area contributed by atoms with Crippen LogP contribution in [0.1, 0.15) is 52.0 Å². The van der Waals surface area contributed by atoms with Crippen LogP contribution in [-0.4, -0.2) is 40.0 Å². The van der Waals surface area contributed by atoms with Gasteiger partial charge in [-0.3, -0.25) is 9.59 Å². The van der Waals surface area contributed by atoms with Crippen molar-refractivity contribution in [2.45, 2.75) is 32.1 Å². The Hall–Kier alpha value is -3.36. The summed E-state index contributed by atoms with van der Waals surface area (Å²) in [6.07, 6.45) is 2.83. The Morgan fingerprint density at radius 1 is 1.06 bits per heavy atom. The van der Waals surface area contributed by atoms with Gasteiger partial charge in [-0.15, -0.1) is 21.5 Å². The van der Waals surface area contributed by atoms with E-state index in [0.29, 0.717) is 11.6 Å². The molecule has 2 atom stereocenters. The van der Waals surface area contributed by atoms with Crippen molar-refractivity contribution in [2.75, 3.05) is 18.4 Å². The Labute approximate surface area is 218 Å². The van der Waals surface area contributed by atoms with E-state index in [1.807, 2.05) is 54.3 Å². The number of nitrogens with one attached hydrogen (secondary N) is 1. The largest absolute Gasteiger partial charge is 0.339 e. The molecular weight excluding hydrogens is 488 g/mol. The zero-order valence-corrected chi connectivity index (χ0v) is 21.6. The molecule has 1 aliphatic heterocycles. The molecule has 3 heterocycles. The van der Waals surface area contributed by atoms with E-state index >= 15 is 0 Å². The molecule has 36 heavy (non-hydrogen) atoms. The minimum Gasteiger partial charge on any atom is -0.339 e. The number of aromatic nitrogens is 2. The van der Waals surface area contributed by atoms with Crippen molar-refractivity contribution >= 4 is 39.6 Å². The number of carbonyl (C=O) groups is 2. The first kappa shape index (κ1) is 23.1. The molecule has 1 N–H and O–H groups in total. The van der Waals surface area contributed by atoms with Gasteiger partial charge in [0.15, 0.2) is 0 Å². The van der Waals surface area contributed by atoms with Crippen molar-refractivity contribution in [2.24, 2.45) is 5.41 Å². The topological polar surface area (TPSA) is 75.2 Å². The summed E-state index contributed by atoms with van der Waals surface area (Å²) < 4.78 is 0. The lowest BCUT2D eigenvalue weighted by molar-refractivity contribution is -0.125. The summed E-state index contributed by atoms with van der Waals surface area (Å²) in [7, 11) is 0. The van der Waals surface area contributed by atoms with Gasteiger partial charge in [-0.25, -0.2) is 0 Å². The lowest BCUT2D eigenvalue weighted by atomic mass is 9.73. The van der Waals surface area contributed by atoms with Crippen molar-refractivity contribution < 1.29 is 9.59 Å². The maximum absolute atomic E-state index is 13.5. The first-order valence-corrected chi connectivity index (χ1v) is 13.9. The van der Waals surface area contributed by atoms with Gasteiger partial charge in [0.2, 0.25) is 11.0 Å². The Morgan fingerprint density at radius 3 is 2.50 bits per heavy atom. The van der Waals surface area contributed by atoms with Gasteiger partial charge in [-0.1, -0.05) is 53.8 Å². The molecular formula is C28H26N4O2S2. The van der Waals surface area contributed by atoms with Crippen LogP contribution in [0.25, 0.3) is 10.4 Å². The fourth-order valence-electron chi connectivity index (χ4n) is 5.50. The molecule has 1 fully saturated rings. The SMILES string of the molecule is C[C@]1(C(=O)Nc2nncs2)Cc2sc(-c3ccc(C(=O)N4CCCC4)cc3)cc2[C@H]1c1ccccc1. The van der Waals surface area contributed by atoms with E-state index in [1.54, 1.807) is 16.8 Å². The lowest BCUT2D eigenvalue weighted by Gasteiger charge is -2.31. The molecule has 1 saturated heterocycles. The molecule has 4 aromatic rings. The number of amides is 2. The van der Waals surface area contributed by atoms with Gasteiger partial charge >= 0.3 is 0 Å². The first-order chi connectivity index (χ1) is 17.5. The average molecular weight is 515 g/mol.